The fourth-order valence-corrected chi connectivity index (χ4v) is 3.89. The molecule has 0 aromatic heterocycles. The van der Waals surface area contributed by atoms with Crippen LogP contribution in [0.15, 0.2) is 12.1 Å². The van der Waals surface area contributed by atoms with Crippen LogP contribution in [0.4, 0.5) is 33.7 Å². The van der Waals surface area contributed by atoms with E-state index in [9.17, 15) is 31.9 Å². The number of Topliss-reactive ketones (excluding diaryl/α,β-unsaturated/α-hetero) is 1. The molecule has 12 heteroatoms. The molecule has 3 fully saturated rings. The number of ether oxygens (including phenoxy) is 1. The summed E-state index contributed by atoms with van der Waals surface area (Å²) in [6.07, 6.45) is -3.78. The Morgan fingerprint density at radius 3 is 2.42 bits per heavy atom. The number of hydroxylamine groups is 2. The number of carbonyl (C=O) groups is 3. The monoisotopic (exact) mass is 473 g/mol. The van der Waals surface area contributed by atoms with Crippen molar-refractivity contribution >= 4 is 29.2 Å². The number of hydrogen-bond acceptors (Lipinski definition) is 6. The molecule has 2 aliphatic heterocycles. The molecular formula is C21H23F4N3O5. The third-order valence-corrected chi connectivity index (χ3v) is 5.81. The quantitative estimate of drug-likeness (QED) is 0.567. The summed E-state index contributed by atoms with van der Waals surface area (Å²) in [5, 5.41) is 1.25. The van der Waals surface area contributed by atoms with Gasteiger partial charge in [0.2, 0.25) is 5.91 Å². The van der Waals surface area contributed by atoms with Gasteiger partial charge in [0.25, 0.3) is 6.43 Å². The second kappa shape index (κ2) is 9.54. The molecule has 2 heterocycles. The maximum atomic E-state index is 14.9. The molecule has 33 heavy (non-hydrogen) atoms. The van der Waals surface area contributed by atoms with E-state index in [1.165, 1.54) is 9.96 Å². The van der Waals surface area contributed by atoms with E-state index >= 15 is 0 Å². The van der Waals surface area contributed by atoms with Crippen molar-refractivity contribution in [1.29, 1.82) is 0 Å². The summed E-state index contributed by atoms with van der Waals surface area (Å²) < 4.78 is 59.6. The number of amides is 2. The summed E-state index contributed by atoms with van der Waals surface area (Å²) in [4.78, 5) is 43.3. The number of alkyl halides is 2. The molecule has 1 saturated carbocycles. The lowest BCUT2D eigenvalue weighted by molar-refractivity contribution is -0.183. The van der Waals surface area contributed by atoms with Gasteiger partial charge in [0.15, 0.2) is 17.4 Å². The van der Waals surface area contributed by atoms with Gasteiger partial charge < -0.3 is 9.64 Å². The molecule has 2 amide bonds. The molecule has 1 aliphatic carbocycles. The van der Waals surface area contributed by atoms with E-state index in [2.05, 4.69) is 0 Å². The smallest absolute Gasteiger partial charge is 0.414 e. The highest BCUT2D eigenvalue weighted by molar-refractivity contribution is 5.90. The van der Waals surface area contributed by atoms with Crippen LogP contribution in [0.1, 0.15) is 25.7 Å². The molecule has 0 spiro atoms. The van der Waals surface area contributed by atoms with Crippen molar-refractivity contribution in [3.8, 4) is 0 Å². The van der Waals surface area contributed by atoms with E-state index in [1.54, 1.807) is 0 Å². The molecule has 1 atom stereocenters. The summed E-state index contributed by atoms with van der Waals surface area (Å²) in [5.41, 5.74) is -0.382. The summed E-state index contributed by atoms with van der Waals surface area (Å²) in [7, 11) is 0. The Morgan fingerprint density at radius 1 is 1.09 bits per heavy atom. The average molecular weight is 473 g/mol. The highest BCUT2D eigenvalue weighted by Gasteiger charge is 2.36. The Labute approximate surface area is 186 Å². The maximum Gasteiger partial charge on any atom is 0.414 e. The Morgan fingerprint density at radius 2 is 1.79 bits per heavy atom. The van der Waals surface area contributed by atoms with Crippen LogP contribution in [0.25, 0.3) is 0 Å². The standard InChI is InChI=1S/C21H23F4N3O5/c22-15-9-13(27-11-14(33-21(27)31)3-4-17(29)19(24)25)10-16(23)18(15)26-5-6-28(32-8-7-26)20(30)12-1-2-12/h9-10,12,14,19H,1-8,11H2/t14-/m0/s1. The molecule has 1 aromatic carbocycles. The number of hydrogen-bond donors (Lipinski definition) is 0. The first-order valence-electron chi connectivity index (χ1n) is 10.7. The first-order valence-corrected chi connectivity index (χ1v) is 10.7. The summed E-state index contributed by atoms with van der Waals surface area (Å²) in [6, 6.07) is 1.98. The molecule has 180 valence electrons. The third-order valence-electron chi connectivity index (χ3n) is 5.81. The van der Waals surface area contributed by atoms with Crippen LogP contribution < -0.4 is 9.80 Å². The Kier molecular flexibility index (Phi) is 6.73. The zero-order valence-electron chi connectivity index (χ0n) is 17.6. The van der Waals surface area contributed by atoms with E-state index in [0.717, 1.165) is 29.9 Å². The van der Waals surface area contributed by atoms with Crippen LogP contribution in [-0.2, 0) is 19.2 Å². The second-order valence-electron chi connectivity index (χ2n) is 8.21. The molecule has 0 N–H and O–H groups in total. The number of rotatable bonds is 7. The van der Waals surface area contributed by atoms with Crippen LogP contribution in [0.2, 0.25) is 0 Å². The van der Waals surface area contributed by atoms with E-state index in [0.29, 0.717) is 0 Å². The lowest BCUT2D eigenvalue weighted by atomic mass is 10.1. The number of carbonyl (C=O) groups excluding carboxylic acids is 3. The Balaban J connectivity index is 1.42. The van der Waals surface area contributed by atoms with Gasteiger partial charge in [-0.05, 0) is 19.3 Å². The third kappa shape index (κ3) is 5.21. The number of anilines is 2. The summed E-state index contributed by atoms with van der Waals surface area (Å²) in [6.45, 7) is 0.443. The van der Waals surface area contributed by atoms with Crippen molar-refractivity contribution in [1.82, 2.24) is 5.06 Å². The zero-order chi connectivity index (χ0) is 23.7. The molecule has 4 rings (SSSR count). The first kappa shape index (κ1) is 23.3. The van der Waals surface area contributed by atoms with Crippen molar-refractivity contribution in [2.45, 2.75) is 38.2 Å². The van der Waals surface area contributed by atoms with Gasteiger partial charge in [-0.3, -0.25) is 19.3 Å². The van der Waals surface area contributed by atoms with Gasteiger partial charge in [-0.1, -0.05) is 0 Å². The number of nitrogens with zero attached hydrogens (tertiary/aromatic N) is 3. The molecule has 0 bridgehead atoms. The minimum atomic E-state index is -3.10. The summed E-state index contributed by atoms with van der Waals surface area (Å²) in [5.74, 6) is -3.23. The molecule has 0 unspecified atom stereocenters. The highest BCUT2D eigenvalue weighted by Crippen LogP contribution is 2.33. The maximum absolute atomic E-state index is 14.9. The van der Waals surface area contributed by atoms with E-state index < -0.39 is 42.5 Å². The van der Waals surface area contributed by atoms with Crippen LogP contribution in [0, 0.1) is 17.6 Å². The van der Waals surface area contributed by atoms with Crippen LogP contribution in [0.5, 0.6) is 0 Å². The van der Waals surface area contributed by atoms with Gasteiger partial charge in [0.05, 0.1) is 25.4 Å². The molecular weight excluding hydrogens is 450 g/mol. The topological polar surface area (TPSA) is 79.4 Å². The van der Waals surface area contributed by atoms with Gasteiger partial charge >= 0.3 is 6.09 Å². The number of cyclic esters (lactones) is 1. The highest BCUT2D eigenvalue weighted by atomic mass is 19.3. The van der Waals surface area contributed by atoms with E-state index in [1.807, 2.05) is 0 Å². The molecule has 8 nitrogen and oxygen atoms in total. The first-order chi connectivity index (χ1) is 15.7. The molecule has 1 aromatic rings. The Bertz CT molecular complexity index is 919. The number of ketones is 1. The average Bonchev–Trinajstić information content (AvgIpc) is 3.57. The Hall–Kier alpha value is -2.89. The molecule has 0 radical (unpaired) electrons. The van der Waals surface area contributed by atoms with Crippen LogP contribution in [-0.4, -0.2) is 68.2 Å². The second-order valence-corrected chi connectivity index (χ2v) is 8.21. The number of benzene rings is 1. The van der Waals surface area contributed by atoms with Crippen molar-refractivity contribution in [3.05, 3.63) is 23.8 Å². The van der Waals surface area contributed by atoms with Crippen molar-refractivity contribution in [2.75, 3.05) is 42.6 Å². The van der Waals surface area contributed by atoms with E-state index in [-0.39, 0.29) is 62.4 Å². The minimum Gasteiger partial charge on any atom is -0.444 e. The van der Waals surface area contributed by atoms with Gasteiger partial charge in [-0.2, -0.15) is 0 Å². The van der Waals surface area contributed by atoms with E-state index in [4.69, 9.17) is 9.57 Å². The van der Waals surface area contributed by atoms with Gasteiger partial charge in [-0.25, -0.2) is 27.4 Å². The predicted octanol–water partition coefficient (Wildman–Crippen LogP) is 2.89. The van der Waals surface area contributed by atoms with Crippen molar-refractivity contribution in [3.63, 3.8) is 0 Å². The van der Waals surface area contributed by atoms with Crippen LogP contribution in [0.3, 0.4) is 0 Å². The molecule has 3 aliphatic rings. The summed E-state index contributed by atoms with van der Waals surface area (Å²) >= 11 is 0. The number of halogens is 4. The molecule has 2 saturated heterocycles. The van der Waals surface area contributed by atoms with Crippen LogP contribution >= 0.6 is 0 Å². The zero-order valence-corrected chi connectivity index (χ0v) is 17.6. The SMILES string of the molecule is O=C(CC[C@H]1CN(c2cc(F)c(N3CCON(C(=O)C4CC4)CC3)c(F)c2)C(=O)O1)C(F)F. The van der Waals surface area contributed by atoms with Gasteiger partial charge in [0, 0.05) is 37.6 Å². The minimum absolute atomic E-state index is 0.0400. The van der Waals surface area contributed by atoms with Gasteiger partial charge in [-0.15, -0.1) is 0 Å². The largest absolute Gasteiger partial charge is 0.444 e. The normalized spacial score (nSPS) is 21.4. The lowest BCUT2D eigenvalue weighted by Crippen LogP contribution is -2.35. The van der Waals surface area contributed by atoms with Crippen molar-refractivity contribution < 1.29 is 41.5 Å². The lowest BCUT2D eigenvalue weighted by Gasteiger charge is -2.24. The fourth-order valence-electron chi connectivity index (χ4n) is 3.89. The predicted molar refractivity (Wildman–Crippen MR) is 107 cm³/mol. The van der Waals surface area contributed by atoms with Gasteiger partial charge in [0.1, 0.15) is 11.8 Å². The van der Waals surface area contributed by atoms with Crippen molar-refractivity contribution in [2.24, 2.45) is 5.92 Å². The fraction of sp³-hybridized carbons (Fsp3) is 0.571.